The van der Waals surface area contributed by atoms with Crippen LogP contribution in [0.25, 0.3) is 0 Å². The average molecular weight is 384 g/mol. The van der Waals surface area contributed by atoms with Crippen LogP contribution in [-0.2, 0) is 22.4 Å². The van der Waals surface area contributed by atoms with E-state index in [9.17, 15) is 4.79 Å². The van der Waals surface area contributed by atoms with Crippen molar-refractivity contribution >= 4 is 28.9 Å². The van der Waals surface area contributed by atoms with Gasteiger partial charge in [-0.2, -0.15) is 0 Å². The number of anilines is 1. The maximum Gasteiger partial charge on any atom is 0.227 e. The number of hydrogen-bond donors (Lipinski definition) is 2. The Kier molecular flexibility index (Phi) is 7.19. The number of carbonyl (C=O) groups is 1. The van der Waals surface area contributed by atoms with E-state index in [0.29, 0.717) is 37.8 Å². The van der Waals surface area contributed by atoms with Crippen LogP contribution in [0.5, 0.6) is 0 Å². The first-order valence-electron chi connectivity index (χ1n) is 9.24. The average Bonchev–Trinajstić information content (AvgIpc) is 2.71. The Morgan fingerprint density at radius 3 is 2.41 bits per heavy atom. The number of thiocarbonyl (C=S) groups is 1. The third kappa shape index (κ3) is 6.34. The Morgan fingerprint density at radius 1 is 1.00 bits per heavy atom. The Morgan fingerprint density at radius 2 is 1.70 bits per heavy atom. The van der Waals surface area contributed by atoms with E-state index in [1.54, 1.807) is 0 Å². The van der Waals surface area contributed by atoms with E-state index >= 15 is 0 Å². The van der Waals surface area contributed by atoms with Crippen LogP contribution in [0.15, 0.2) is 54.6 Å². The zero-order valence-corrected chi connectivity index (χ0v) is 16.1. The molecular formula is C21H25N3O2S. The lowest BCUT2D eigenvalue weighted by Gasteiger charge is -2.26. The summed E-state index contributed by atoms with van der Waals surface area (Å²) in [6.07, 6.45) is 1.34. The first-order chi connectivity index (χ1) is 13.2. The highest BCUT2D eigenvalue weighted by atomic mass is 32.1. The quantitative estimate of drug-likeness (QED) is 0.751. The van der Waals surface area contributed by atoms with E-state index in [1.807, 2.05) is 47.4 Å². The van der Waals surface area contributed by atoms with E-state index in [1.165, 1.54) is 5.56 Å². The number of amides is 1. The molecule has 1 saturated heterocycles. The van der Waals surface area contributed by atoms with Crippen molar-refractivity contribution in [2.75, 3.05) is 38.2 Å². The van der Waals surface area contributed by atoms with Crippen LogP contribution in [0.1, 0.15) is 11.1 Å². The molecule has 1 aliphatic rings. The monoisotopic (exact) mass is 383 g/mol. The Bertz CT molecular complexity index is 744. The fourth-order valence-corrected chi connectivity index (χ4v) is 3.17. The number of nitrogens with zero attached hydrogens (tertiary/aromatic N) is 1. The fourth-order valence-electron chi connectivity index (χ4n) is 2.95. The zero-order valence-electron chi connectivity index (χ0n) is 15.3. The summed E-state index contributed by atoms with van der Waals surface area (Å²) in [6, 6.07) is 18.1. The topological polar surface area (TPSA) is 53.6 Å². The van der Waals surface area contributed by atoms with Crippen LogP contribution in [0.4, 0.5) is 5.69 Å². The Labute approximate surface area is 165 Å². The van der Waals surface area contributed by atoms with Gasteiger partial charge in [-0.15, -0.1) is 0 Å². The Hall–Kier alpha value is -2.44. The molecule has 27 heavy (non-hydrogen) atoms. The molecule has 0 unspecified atom stereocenters. The van der Waals surface area contributed by atoms with Gasteiger partial charge in [-0.3, -0.25) is 4.79 Å². The van der Waals surface area contributed by atoms with Gasteiger partial charge in [0.25, 0.3) is 0 Å². The van der Waals surface area contributed by atoms with E-state index in [2.05, 4.69) is 22.8 Å². The van der Waals surface area contributed by atoms with Crippen LogP contribution < -0.4 is 10.6 Å². The van der Waals surface area contributed by atoms with Crippen LogP contribution >= 0.6 is 12.2 Å². The minimum atomic E-state index is 0.150. The van der Waals surface area contributed by atoms with Crippen molar-refractivity contribution in [2.45, 2.75) is 12.8 Å². The molecule has 0 atom stereocenters. The predicted molar refractivity (Wildman–Crippen MR) is 112 cm³/mol. The lowest BCUT2D eigenvalue weighted by molar-refractivity contribution is -0.134. The maximum atomic E-state index is 12.3. The standard InChI is InChI=1S/C21H25N3O2S/c25-20(24-12-14-26-15-13-24)16-18-6-8-19(9-7-18)23-21(27)22-11-10-17-4-2-1-3-5-17/h1-9H,10-16H2,(H2,22,23,27). The van der Waals surface area contributed by atoms with Gasteiger partial charge < -0.3 is 20.3 Å². The van der Waals surface area contributed by atoms with Gasteiger partial charge in [0.2, 0.25) is 5.91 Å². The number of hydrogen-bond acceptors (Lipinski definition) is 3. The van der Waals surface area contributed by atoms with Crippen molar-refractivity contribution in [3.8, 4) is 0 Å². The summed E-state index contributed by atoms with van der Waals surface area (Å²) in [4.78, 5) is 14.2. The molecule has 1 heterocycles. The number of morpholine rings is 1. The lowest BCUT2D eigenvalue weighted by Crippen LogP contribution is -2.41. The first-order valence-corrected chi connectivity index (χ1v) is 9.65. The van der Waals surface area contributed by atoms with Crippen molar-refractivity contribution < 1.29 is 9.53 Å². The minimum Gasteiger partial charge on any atom is -0.378 e. The molecule has 5 nitrogen and oxygen atoms in total. The first kappa shape index (κ1) is 19.3. The largest absolute Gasteiger partial charge is 0.378 e. The highest BCUT2D eigenvalue weighted by molar-refractivity contribution is 7.80. The zero-order chi connectivity index (χ0) is 18.9. The number of rotatable bonds is 6. The molecule has 2 aromatic rings. The molecule has 142 valence electrons. The molecule has 0 spiro atoms. The second kappa shape index (κ2) is 10.0. The molecule has 3 rings (SSSR count). The van der Waals surface area contributed by atoms with Crippen LogP contribution in [0.3, 0.4) is 0 Å². The number of ether oxygens (including phenoxy) is 1. The molecule has 2 N–H and O–H groups in total. The third-order valence-electron chi connectivity index (χ3n) is 4.47. The second-order valence-corrected chi connectivity index (χ2v) is 6.89. The summed E-state index contributed by atoms with van der Waals surface area (Å²) in [6.45, 7) is 3.40. The highest BCUT2D eigenvalue weighted by Gasteiger charge is 2.16. The summed E-state index contributed by atoms with van der Waals surface area (Å²) in [5, 5.41) is 7.00. The van der Waals surface area contributed by atoms with Crippen LogP contribution in [0, 0.1) is 0 Å². The highest BCUT2D eigenvalue weighted by Crippen LogP contribution is 2.11. The number of benzene rings is 2. The molecule has 1 amide bonds. The van der Waals surface area contributed by atoms with Crippen LogP contribution in [-0.4, -0.2) is 48.8 Å². The van der Waals surface area contributed by atoms with E-state index < -0.39 is 0 Å². The van der Waals surface area contributed by atoms with Gasteiger partial charge in [0.1, 0.15) is 0 Å². The summed E-state index contributed by atoms with van der Waals surface area (Å²) in [5.41, 5.74) is 3.19. The Balaban J connectivity index is 1.41. The van der Waals surface area contributed by atoms with Gasteiger partial charge in [-0.1, -0.05) is 42.5 Å². The van der Waals surface area contributed by atoms with Gasteiger partial charge in [0, 0.05) is 25.3 Å². The lowest BCUT2D eigenvalue weighted by atomic mass is 10.1. The van der Waals surface area contributed by atoms with Crippen molar-refractivity contribution in [1.82, 2.24) is 10.2 Å². The van der Waals surface area contributed by atoms with Gasteiger partial charge in [-0.25, -0.2) is 0 Å². The van der Waals surface area contributed by atoms with Crippen molar-refractivity contribution in [2.24, 2.45) is 0 Å². The van der Waals surface area contributed by atoms with Gasteiger partial charge >= 0.3 is 0 Å². The molecule has 6 heteroatoms. The van der Waals surface area contributed by atoms with E-state index in [4.69, 9.17) is 17.0 Å². The van der Waals surface area contributed by atoms with Gasteiger partial charge in [0.15, 0.2) is 5.11 Å². The van der Waals surface area contributed by atoms with Crippen LogP contribution in [0.2, 0.25) is 0 Å². The van der Waals surface area contributed by atoms with Gasteiger partial charge in [0.05, 0.1) is 19.6 Å². The SMILES string of the molecule is O=C(Cc1ccc(NC(=S)NCCc2ccccc2)cc1)N1CCOCC1. The van der Waals surface area contributed by atoms with E-state index in [0.717, 1.165) is 24.2 Å². The molecule has 2 aromatic carbocycles. The third-order valence-corrected chi connectivity index (χ3v) is 4.72. The molecule has 0 aliphatic carbocycles. The summed E-state index contributed by atoms with van der Waals surface area (Å²) in [7, 11) is 0. The molecular weight excluding hydrogens is 358 g/mol. The van der Waals surface area contributed by atoms with Crippen molar-refractivity contribution in [3.05, 3.63) is 65.7 Å². The molecule has 1 aliphatic heterocycles. The summed E-state index contributed by atoms with van der Waals surface area (Å²) >= 11 is 5.34. The normalized spacial score (nSPS) is 13.9. The van der Waals surface area contributed by atoms with Crippen molar-refractivity contribution in [1.29, 1.82) is 0 Å². The predicted octanol–water partition coefficient (Wildman–Crippen LogP) is 2.62. The van der Waals surface area contributed by atoms with E-state index in [-0.39, 0.29) is 5.91 Å². The fraction of sp³-hybridized carbons (Fsp3) is 0.333. The summed E-state index contributed by atoms with van der Waals surface area (Å²) < 4.78 is 5.29. The number of nitrogens with one attached hydrogen (secondary N) is 2. The van der Waals surface area contributed by atoms with Crippen molar-refractivity contribution in [3.63, 3.8) is 0 Å². The maximum absolute atomic E-state index is 12.3. The minimum absolute atomic E-state index is 0.150. The molecule has 0 radical (unpaired) electrons. The smallest absolute Gasteiger partial charge is 0.227 e. The molecule has 0 bridgehead atoms. The molecule has 1 fully saturated rings. The summed E-state index contributed by atoms with van der Waals surface area (Å²) in [5.74, 6) is 0.150. The van der Waals surface area contributed by atoms with Gasteiger partial charge in [-0.05, 0) is 41.9 Å². The molecule has 0 aromatic heterocycles. The molecule has 0 saturated carbocycles. The number of carbonyl (C=O) groups excluding carboxylic acids is 1. The second-order valence-electron chi connectivity index (χ2n) is 6.48.